The molecule has 0 saturated carbocycles. The third kappa shape index (κ3) is 3.28. The summed E-state index contributed by atoms with van der Waals surface area (Å²) in [7, 11) is 3.18. The van der Waals surface area contributed by atoms with E-state index in [0.29, 0.717) is 30.4 Å². The van der Waals surface area contributed by atoms with Gasteiger partial charge in [-0.15, -0.1) is 0 Å². The van der Waals surface area contributed by atoms with Gasteiger partial charge >= 0.3 is 0 Å². The number of carbonyl (C=O) groups excluding carboxylic acids is 1. The van der Waals surface area contributed by atoms with E-state index in [1.54, 1.807) is 14.2 Å². The van der Waals surface area contributed by atoms with Crippen molar-refractivity contribution in [2.75, 3.05) is 20.8 Å². The number of nitrogens with one attached hydrogen (secondary N) is 2. The number of ether oxygens (including phenoxy) is 2. The van der Waals surface area contributed by atoms with E-state index < -0.39 is 0 Å². The van der Waals surface area contributed by atoms with Crippen molar-refractivity contribution in [3.63, 3.8) is 0 Å². The van der Waals surface area contributed by atoms with E-state index in [1.165, 1.54) is 0 Å². The lowest BCUT2D eigenvalue weighted by molar-refractivity contribution is 0.0950. The van der Waals surface area contributed by atoms with Gasteiger partial charge in [0.05, 0.1) is 7.11 Å². The second kappa shape index (κ2) is 7.20. The summed E-state index contributed by atoms with van der Waals surface area (Å²) in [6.07, 6.45) is 0.601. The van der Waals surface area contributed by atoms with Gasteiger partial charge in [0.15, 0.2) is 5.82 Å². The van der Waals surface area contributed by atoms with Crippen molar-refractivity contribution in [2.24, 2.45) is 0 Å². The van der Waals surface area contributed by atoms with E-state index in [2.05, 4.69) is 25.4 Å². The number of amides is 1. The van der Waals surface area contributed by atoms with Gasteiger partial charge in [0.25, 0.3) is 11.8 Å². The number of benzene rings is 1. The van der Waals surface area contributed by atoms with Gasteiger partial charge in [-0.3, -0.25) is 4.79 Å². The van der Waals surface area contributed by atoms with Crippen LogP contribution in [0.1, 0.15) is 33.6 Å². The van der Waals surface area contributed by atoms with Crippen LogP contribution < -0.4 is 10.1 Å². The van der Waals surface area contributed by atoms with Crippen molar-refractivity contribution in [1.82, 2.24) is 25.4 Å². The number of H-pyrrole nitrogens is 1. The minimum atomic E-state index is -0.231. The minimum absolute atomic E-state index is 0.0500. The van der Waals surface area contributed by atoms with Crippen LogP contribution >= 0.6 is 0 Å². The number of carbonyl (C=O) groups is 1. The predicted molar refractivity (Wildman–Crippen MR) is 94.4 cm³/mol. The highest BCUT2D eigenvalue weighted by Crippen LogP contribution is 2.31. The monoisotopic (exact) mass is 369 g/mol. The number of hydrogen-bond donors (Lipinski definition) is 2. The molecule has 27 heavy (non-hydrogen) atoms. The summed E-state index contributed by atoms with van der Waals surface area (Å²) in [5, 5.41) is 6.82. The van der Waals surface area contributed by atoms with Gasteiger partial charge in [-0.1, -0.05) is 23.4 Å². The summed E-state index contributed by atoms with van der Waals surface area (Å²) in [5.41, 5.74) is 2.11. The molecule has 0 aliphatic carbocycles. The summed E-state index contributed by atoms with van der Waals surface area (Å²) in [5.74, 6) is 1.64. The fourth-order valence-corrected chi connectivity index (χ4v) is 3.23. The quantitative estimate of drug-likeness (QED) is 0.703. The fraction of sp³-hybridized carbons (Fsp3) is 0.333. The first-order valence-electron chi connectivity index (χ1n) is 8.51. The SMILES string of the molecule is COCc1nc(-c2nc3c([nH]2)C[C@H](c2ccccc2OC)CNC3=O)no1. The van der Waals surface area contributed by atoms with Crippen molar-refractivity contribution in [3.8, 4) is 17.4 Å². The van der Waals surface area contributed by atoms with Gasteiger partial charge in [-0.2, -0.15) is 4.98 Å². The molecule has 2 N–H and O–H groups in total. The molecule has 0 radical (unpaired) electrons. The Morgan fingerprint density at radius 3 is 2.93 bits per heavy atom. The van der Waals surface area contributed by atoms with Crippen molar-refractivity contribution < 1.29 is 18.8 Å². The van der Waals surface area contributed by atoms with Crippen molar-refractivity contribution in [3.05, 3.63) is 47.1 Å². The molecule has 0 spiro atoms. The number of nitrogens with zero attached hydrogens (tertiary/aromatic N) is 3. The number of aromatic nitrogens is 4. The zero-order chi connectivity index (χ0) is 18.8. The third-order valence-electron chi connectivity index (χ3n) is 4.48. The summed E-state index contributed by atoms with van der Waals surface area (Å²) >= 11 is 0. The zero-order valence-corrected chi connectivity index (χ0v) is 15.0. The molecule has 1 aliphatic heterocycles. The molecule has 0 bridgehead atoms. The number of methoxy groups -OCH3 is 2. The van der Waals surface area contributed by atoms with E-state index >= 15 is 0 Å². The highest BCUT2D eigenvalue weighted by Gasteiger charge is 2.28. The van der Waals surface area contributed by atoms with Crippen LogP contribution in [0, 0.1) is 0 Å². The number of rotatable bonds is 5. The van der Waals surface area contributed by atoms with Crippen LogP contribution in [0.4, 0.5) is 0 Å². The minimum Gasteiger partial charge on any atom is -0.496 e. The molecular formula is C18H19N5O4. The Bertz CT molecular complexity index is 964. The van der Waals surface area contributed by atoms with Crippen LogP contribution in [0.2, 0.25) is 0 Å². The summed E-state index contributed by atoms with van der Waals surface area (Å²) < 4.78 is 15.5. The Hall–Kier alpha value is -3.20. The lowest BCUT2D eigenvalue weighted by atomic mass is 9.93. The van der Waals surface area contributed by atoms with Gasteiger partial charge < -0.3 is 24.3 Å². The van der Waals surface area contributed by atoms with Gasteiger partial charge in [-0.25, -0.2) is 4.98 Å². The summed E-state index contributed by atoms with van der Waals surface area (Å²) in [6.45, 7) is 0.711. The molecule has 3 aromatic rings. The van der Waals surface area contributed by atoms with Crippen LogP contribution in [-0.4, -0.2) is 46.8 Å². The van der Waals surface area contributed by atoms with E-state index in [4.69, 9.17) is 14.0 Å². The van der Waals surface area contributed by atoms with Crippen LogP contribution in [-0.2, 0) is 17.8 Å². The highest BCUT2D eigenvalue weighted by atomic mass is 16.5. The molecule has 9 nitrogen and oxygen atoms in total. The van der Waals surface area contributed by atoms with E-state index in [-0.39, 0.29) is 24.3 Å². The first-order valence-corrected chi connectivity index (χ1v) is 8.51. The lowest BCUT2D eigenvalue weighted by Gasteiger charge is -2.17. The number of imidazole rings is 1. The van der Waals surface area contributed by atoms with Gasteiger partial charge in [-0.05, 0) is 18.1 Å². The Morgan fingerprint density at radius 2 is 2.11 bits per heavy atom. The molecule has 3 heterocycles. The average molecular weight is 369 g/mol. The molecular weight excluding hydrogens is 350 g/mol. The molecule has 0 saturated heterocycles. The fourth-order valence-electron chi connectivity index (χ4n) is 3.23. The van der Waals surface area contributed by atoms with E-state index in [0.717, 1.165) is 17.0 Å². The molecule has 140 valence electrons. The van der Waals surface area contributed by atoms with Gasteiger partial charge in [0, 0.05) is 25.3 Å². The van der Waals surface area contributed by atoms with E-state index in [9.17, 15) is 4.79 Å². The Labute approximate surface area is 155 Å². The number of hydrogen-bond acceptors (Lipinski definition) is 7. The third-order valence-corrected chi connectivity index (χ3v) is 4.48. The normalized spacial score (nSPS) is 16.5. The Kier molecular flexibility index (Phi) is 4.59. The Balaban J connectivity index is 1.66. The second-order valence-electron chi connectivity index (χ2n) is 6.21. The standard InChI is InChI=1S/C18H19N5O4/c1-25-9-14-21-17(23-27-14)16-20-12-7-10(8-19-18(24)15(12)22-16)11-5-3-4-6-13(11)26-2/h3-6,10H,7-9H2,1-2H3,(H,19,24)(H,20,22)/t10-/m0/s1. The first-order chi connectivity index (χ1) is 13.2. The maximum Gasteiger partial charge on any atom is 0.271 e. The molecule has 0 fully saturated rings. The van der Waals surface area contributed by atoms with Crippen LogP contribution in [0.25, 0.3) is 11.6 Å². The maximum atomic E-state index is 12.5. The maximum absolute atomic E-state index is 12.5. The van der Waals surface area contributed by atoms with Gasteiger partial charge in [0.2, 0.25) is 5.82 Å². The van der Waals surface area contributed by atoms with Crippen LogP contribution in [0.15, 0.2) is 28.8 Å². The summed E-state index contributed by atoms with van der Waals surface area (Å²) in [4.78, 5) is 24.3. The first kappa shape index (κ1) is 17.2. The number of aromatic amines is 1. The zero-order valence-electron chi connectivity index (χ0n) is 15.0. The van der Waals surface area contributed by atoms with Crippen LogP contribution in [0.3, 0.4) is 0 Å². The predicted octanol–water partition coefficient (Wildman–Crippen LogP) is 1.68. The topological polar surface area (TPSA) is 115 Å². The van der Waals surface area contributed by atoms with Crippen LogP contribution in [0.5, 0.6) is 5.75 Å². The molecule has 9 heteroatoms. The van der Waals surface area contributed by atoms with Gasteiger partial charge in [0.1, 0.15) is 18.1 Å². The molecule has 4 rings (SSSR count). The molecule has 1 atom stereocenters. The summed E-state index contributed by atoms with van der Waals surface area (Å²) in [6, 6.07) is 7.80. The number of fused-ring (bicyclic) bond motifs is 1. The molecule has 1 amide bonds. The molecule has 0 unspecified atom stereocenters. The van der Waals surface area contributed by atoms with Crippen molar-refractivity contribution in [2.45, 2.75) is 18.9 Å². The van der Waals surface area contributed by atoms with Crippen molar-refractivity contribution in [1.29, 1.82) is 0 Å². The molecule has 1 aliphatic rings. The second-order valence-corrected chi connectivity index (χ2v) is 6.21. The smallest absolute Gasteiger partial charge is 0.271 e. The largest absolute Gasteiger partial charge is 0.496 e. The molecule has 1 aromatic carbocycles. The number of para-hydroxylation sites is 1. The highest BCUT2D eigenvalue weighted by molar-refractivity contribution is 5.94. The molecule has 2 aromatic heterocycles. The van der Waals surface area contributed by atoms with E-state index in [1.807, 2.05) is 24.3 Å². The average Bonchev–Trinajstić information content (AvgIpc) is 3.29. The lowest BCUT2D eigenvalue weighted by Crippen LogP contribution is -2.26. The Morgan fingerprint density at radius 1 is 1.26 bits per heavy atom. The van der Waals surface area contributed by atoms with Crippen molar-refractivity contribution >= 4 is 5.91 Å².